The minimum absolute atomic E-state index is 0.0939. The molecule has 2 amide bonds. The van der Waals surface area contributed by atoms with Crippen molar-refractivity contribution in [3.63, 3.8) is 0 Å². The van der Waals surface area contributed by atoms with Gasteiger partial charge in [0, 0.05) is 43.1 Å². The Hall–Kier alpha value is -2.87. The minimum atomic E-state index is -0.384. The van der Waals surface area contributed by atoms with Crippen LogP contribution in [0.5, 0.6) is 17.2 Å². The van der Waals surface area contributed by atoms with Crippen LogP contribution in [0, 0.1) is 5.92 Å². The van der Waals surface area contributed by atoms with Gasteiger partial charge in [0.25, 0.3) is 0 Å². The fourth-order valence-electron chi connectivity index (χ4n) is 3.51. The maximum atomic E-state index is 12.6. The molecule has 1 fully saturated rings. The zero-order chi connectivity index (χ0) is 22.2. The molecule has 1 atom stereocenters. The van der Waals surface area contributed by atoms with E-state index in [9.17, 15) is 9.59 Å². The summed E-state index contributed by atoms with van der Waals surface area (Å²) in [6, 6.07) is 13.7. The predicted octanol–water partition coefficient (Wildman–Crippen LogP) is 3.11. The zero-order valence-electron chi connectivity index (χ0n) is 18.1. The van der Waals surface area contributed by atoms with E-state index >= 15 is 0 Å². The molecule has 0 spiro atoms. The monoisotopic (exact) mass is 444 g/mol. The van der Waals surface area contributed by atoms with Gasteiger partial charge in [0.15, 0.2) is 11.5 Å². The summed E-state index contributed by atoms with van der Waals surface area (Å²) in [4.78, 5) is 26.8. The van der Waals surface area contributed by atoms with E-state index in [2.05, 4.69) is 17.4 Å². The Labute approximate surface area is 187 Å². The van der Waals surface area contributed by atoms with Gasteiger partial charge in [-0.15, -0.1) is 0 Å². The molecule has 7 nitrogen and oxygen atoms in total. The topological polar surface area (TPSA) is 77.1 Å². The normalized spacial score (nSPS) is 15.6. The van der Waals surface area contributed by atoms with Crippen LogP contribution in [0.1, 0.15) is 12.0 Å². The first-order chi connectivity index (χ1) is 15.1. The van der Waals surface area contributed by atoms with E-state index in [-0.39, 0.29) is 24.2 Å². The lowest BCUT2D eigenvalue weighted by Gasteiger charge is -2.20. The quantitative estimate of drug-likeness (QED) is 0.568. The summed E-state index contributed by atoms with van der Waals surface area (Å²) in [5.74, 6) is 2.54. The van der Waals surface area contributed by atoms with Gasteiger partial charge in [-0.25, -0.2) is 0 Å². The van der Waals surface area contributed by atoms with E-state index in [4.69, 9.17) is 14.2 Å². The average Bonchev–Trinajstić information content (AvgIpc) is 3.20. The van der Waals surface area contributed by atoms with Crippen molar-refractivity contribution in [1.82, 2.24) is 5.32 Å². The van der Waals surface area contributed by atoms with Crippen LogP contribution in [0.4, 0.5) is 5.69 Å². The van der Waals surface area contributed by atoms with Gasteiger partial charge in [0.05, 0.1) is 32.9 Å². The van der Waals surface area contributed by atoms with Gasteiger partial charge in [-0.1, -0.05) is 30.3 Å². The van der Waals surface area contributed by atoms with Crippen LogP contribution in [0.15, 0.2) is 42.5 Å². The Morgan fingerprint density at radius 2 is 1.77 bits per heavy atom. The van der Waals surface area contributed by atoms with Crippen LogP contribution in [-0.4, -0.2) is 52.0 Å². The molecule has 1 aliphatic heterocycles. The second-order valence-corrected chi connectivity index (χ2v) is 8.22. The number of carbonyl (C=O) groups is 2. The van der Waals surface area contributed by atoms with Gasteiger partial charge < -0.3 is 24.4 Å². The number of hydrogen-bond donors (Lipinski definition) is 1. The van der Waals surface area contributed by atoms with Crippen molar-refractivity contribution < 1.29 is 23.8 Å². The summed E-state index contributed by atoms with van der Waals surface area (Å²) in [5, 5.41) is 2.96. The van der Waals surface area contributed by atoms with Crippen LogP contribution in [-0.2, 0) is 15.3 Å². The predicted molar refractivity (Wildman–Crippen MR) is 122 cm³/mol. The van der Waals surface area contributed by atoms with Gasteiger partial charge in [-0.3, -0.25) is 9.59 Å². The number of anilines is 1. The molecular weight excluding hydrogens is 416 g/mol. The molecule has 1 aliphatic rings. The SMILES string of the molecule is COc1cc(N2CC(C(=O)NCCSCc3ccccc3)CC2=O)cc(OC)c1OC. The van der Waals surface area contributed by atoms with E-state index in [0.29, 0.717) is 36.0 Å². The van der Waals surface area contributed by atoms with E-state index in [0.717, 1.165) is 11.5 Å². The third kappa shape index (κ3) is 5.64. The number of hydrogen-bond acceptors (Lipinski definition) is 6. The Bertz CT molecular complexity index is 881. The van der Waals surface area contributed by atoms with Crippen LogP contribution >= 0.6 is 11.8 Å². The minimum Gasteiger partial charge on any atom is -0.493 e. The number of amides is 2. The van der Waals surface area contributed by atoms with Crippen LogP contribution in [0.25, 0.3) is 0 Å². The molecule has 2 aromatic carbocycles. The van der Waals surface area contributed by atoms with Crippen molar-refractivity contribution in [3.8, 4) is 17.2 Å². The van der Waals surface area contributed by atoms with E-state index in [1.165, 1.54) is 26.9 Å². The number of thioether (sulfide) groups is 1. The summed E-state index contributed by atoms with van der Waals surface area (Å²) in [7, 11) is 4.58. The lowest BCUT2D eigenvalue weighted by Crippen LogP contribution is -2.34. The number of benzene rings is 2. The molecule has 8 heteroatoms. The standard InChI is InChI=1S/C23H28N2O5S/c1-28-19-12-18(13-20(29-2)22(19)30-3)25-14-17(11-21(25)26)23(27)24-9-10-31-15-16-7-5-4-6-8-16/h4-8,12-13,17H,9-11,14-15H2,1-3H3,(H,24,27). The first kappa shape index (κ1) is 22.8. The van der Waals surface area contributed by atoms with Crippen molar-refractivity contribution in [2.24, 2.45) is 5.92 Å². The van der Waals surface area contributed by atoms with Crippen molar-refractivity contribution in [3.05, 3.63) is 48.0 Å². The lowest BCUT2D eigenvalue weighted by molar-refractivity contribution is -0.126. The van der Waals surface area contributed by atoms with Gasteiger partial charge in [0.2, 0.25) is 17.6 Å². The number of carbonyl (C=O) groups excluding carboxylic acids is 2. The highest BCUT2D eigenvalue weighted by atomic mass is 32.2. The average molecular weight is 445 g/mol. The molecule has 0 radical (unpaired) electrons. The first-order valence-electron chi connectivity index (χ1n) is 10.1. The number of nitrogens with one attached hydrogen (secondary N) is 1. The second kappa shape index (κ2) is 10.9. The van der Waals surface area contributed by atoms with Crippen molar-refractivity contribution in [1.29, 1.82) is 0 Å². The van der Waals surface area contributed by atoms with Gasteiger partial charge in [0.1, 0.15) is 0 Å². The Kier molecular flexibility index (Phi) is 8.06. The van der Waals surface area contributed by atoms with Crippen LogP contribution < -0.4 is 24.4 Å². The molecule has 0 aliphatic carbocycles. The number of methoxy groups -OCH3 is 3. The molecule has 1 saturated heterocycles. The summed E-state index contributed by atoms with van der Waals surface area (Å²) in [6.45, 7) is 0.895. The first-order valence-corrected chi connectivity index (χ1v) is 11.2. The third-order valence-corrected chi connectivity index (χ3v) is 6.14. The highest BCUT2D eigenvalue weighted by Crippen LogP contribution is 2.42. The molecular formula is C23H28N2O5S. The zero-order valence-corrected chi connectivity index (χ0v) is 18.9. The third-order valence-electron chi connectivity index (χ3n) is 5.11. The summed E-state index contributed by atoms with van der Waals surface area (Å²) in [6.07, 6.45) is 0.180. The largest absolute Gasteiger partial charge is 0.493 e. The molecule has 166 valence electrons. The molecule has 2 aromatic rings. The Balaban J connectivity index is 1.54. The summed E-state index contributed by atoms with van der Waals surface area (Å²) < 4.78 is 16.1. The fourth-order valence-corrected chi connectivity index (χ4v) is 4.33. The number of nitrogens with zero attached hydrogens (tertiary/aromatic N) is 1. The smallest absolute Gasteiger partial charge is 0.227 e. The number of ether oxygens (including phenoxy) is 3. The maximum Gasteiger partial charge on any atom is 0.227 e. The molecule has 31 heavy (non-hydrogen) atoms. The second-order valence-electron chi connectivity index (χ2n) is 7.12. The Morgan fingerprint density at radius 3 is 2.39 bits per heavy atom. The molecule has 0 aromatic heterocycles. The van der Waals surface area contributed by atoms with Crippen molar-refractivity contribution in [2.45, 2.75) is 12.2 Å². The molecule has 1 N–H and O–H groups in total. The molecule has 0 bridgehead atoms. The summed E-state index contributed by atoms with van der Waals surface area (Å²) >= 11 is 1.77. The highest BCUT2D eigenvalue weighted by molar-refractivity contribution is 7.98. The van der Waals surface area contributed by atoms with E-state index in [1.807, 2.05) is 18.2 Å². The molecule has 0 saturated carbocycles. The molecule has 1 heterocycles. The van der Waals surface area contributed by atoms with Gasteiger partial charge in [-0.2, -0.15) is 11.8 Å². The maximum absolute atomic E-state index is 12.6. The highest BCUT2D eigenvalue weighted by Gasteiger charge is 2.35. The van der Waals surface area contributed by atoms with E-state index < -0.39 is 0 Å². The van der Waals surface area contributed by atoms with Crippen LogP contribution in [0.3, 0.4) is 0 Å². The molecule has 1 unspecified atom stereocenters. The molecule has 3 rings (SSSR count). The fraction of sp³-hybridized carbons (Fsp3) is 0.391. The van der Waals surface area contributed by atoms with Gasteiger partial charge in [-0.05, 0) is 5.56 Å². The number of rotatable bonds is 10. The van der Waals surface area contributed by atoms with Gasteiger partial charge >= 0.3 is 0 Å². The Morgan fingerprint density at radius 1 is 1.10 bits per heavy atom. The van der Waals surface area contributed by atoms with Crippen molar-refractivity contribution >= 4 is 29.3 Å². The van der Waals surface area contributed by atoms with E-state index in [1.54, 1.807) is 28.8 Å². The van der Waals surface area contributed by atoms with Crippen molar-refractivity contribution in [2.75, 3.05) is 45.1 Å². The van der Waals surface area contributed by atoms with Crippen LogP contribution in [0.2, 0.25) is 0 Å². The summed E-state index contributed by atoms with van der Waals surface area (Å²) in [5.41, 5.74) is 1.88. The lowest BCUT2D eigenvalue weighted by atomic mass is 10.1.